The minimum atomic E-state index is -0.158. The number of hydrogen-bond donors (Lipinski definition) is 0. The molecule has 0 unspecified atom stereocenters. The number of fused-ring (bicyclic) bond motifs is 29. The van der Waals surface area contributed by atoms with Crippen LogP contribution in [0.2, 0.25) is 0 Å². The number of hydrogen-bond acceptors (Lipinski definition) is 6. The molecule has 0 saturated heterocycles. The summed E-state index contributed by atoms with van der Waals surface area (Å²) < 4.78 is 15.3. The first kappa shape index (κ1) is 82.7. The van der Waals surface area contributed by atoms with Crippen molar-refractivity contribution in [3.8, 4) is 118 Å². The average molecular weight is 1860 g/mol. The minimum Gasteiger partial charge on any atom is -0.294 e. The van der Waals surface area contributed by atoms with Gasteiger partial charge in [-0.2, -0.15) is 0 Å². The lowest BCUT2D eigenvalue weighted by Crippen LogP contribution is -2.15. The van der Waals surface area contributed by atoms with Gasteiger partial charge in [0.25, 0.3) is 0 Å². The Hall–Kier alpha value is -16.5. The van der Waals surface area contributed by atoms with Gasteiger partial charge in [0.1, 0.15) is 17.5 Å². The summed E-state index contributed by atoms with van der Waals surface area (Å²) in [5, 5.41) is 15.7. The summed E-state index contributed by atoms with van der Waals surface area (Å²) in [6, 6.07) is 159. The van der Waals surface area contributed by atoms with Crippen molar-refractivity contribution >= 4 is 160 Å². The Labute approximate surface area is 828 Å². The van der Waals surface area contributed by atoms with Crippen molar-refractivity contribution in [3.05, 3.63) is 470 Å². The largest absolute Gasteiger partial charge is 0.294 e. The van der Waals surface area contributed by atoms with Crippen LogP contribution in [0.5, 0.6) is 0 Å². The molecule has 0 amide bonds. The highest BCUT2D eigenvalue weighted by Crippen LogP contribution is 2.60. The lowest BCUT2D eigenvalue weighted by atomic mass is 9.82. The highest BCUT2D eigenvalue weighted by molar-refractivity contribution is 7.26. The Balaban J connectivity index is 0.000000104. The maximum absolute atomic E-state index is 5.37. The van der Waals surface area contributed by atoms with Crippen LogP contribution in [0.25, 0.3) is 244 Å². The fourth-order valence-electron chi connectivity index (χ4n) is 23.7. The van der Waals surface area contributed by atoms with Crippen LogP contribution in [-0.2, 0) is 16.2 Å². The van der Waals surface area contributed by atoms with Gasteiger partial charge in [-0.25, -0.2) is 15.0 Å². The maximum Gasteiger partial charge on any atom is 0.138 e. The molecule has 0 N–H and O–H groups in total. The second-order valence-electron chi connectivity index (χ2n) is 39.6. The molecule has 18 aromatic carbocycles. The van der Waals surface area contributed by atoms with Gasteiger partial charge in [0.2, 0.25) is 0 Å². The average Bonchev–Trinajstić information content (AvgIpc) is 1.55. The van der Waals surface area contributed by atoms with E-state index < -0.39 is 0 Å². The fourth-order valence-corrected chi connectivity index (χ4v) is 27.4. The predicted molar refractivity (Wildman–Crippen MR) is 600 cm³/mol. The van der Waals surface area contributed by atoms with E-state index in [0.717, 1.165) is 67.9 Å². The van der Waals surface area contributed by atoms with E-state index in [9.17, 15) is 0 Å². The van der Waals surface area contributed by atoms with Crippen molar-refractivity contribution in [1.29, 1.82) is 0 Å². The van der Waals surface area contributed by atoms with Crippen molar-refractivity contribution in [1.82, 2.24) is 28.7 Å². The molecule has 27 aromatic rings. The normalized spacial score (nSPS) is 13.5. The zero-order chi connectivity index (χ0) is 93.8. The molecule has 666 valence electrons. The van der Waals surface area contributed by atoms with Crippen LogP contribution in [-0.4, -0.2) is 28.7 Å². The van der Waals surface area contributed by atoms with E-state index in [0.29, 0.717) is 0 Å². The van der Waals surface area contributed by atoms with Gasteiger partial charge in [-0.15, -0.1) is 34.0 Å². The molecule has 0 spiro atoms. The standard InChI is InChI=1S/3C44H30N2S/c1-44(2)36-25-40-34(23-32(36)33-24-35-31-18-10-12-20-41(31)47-42(35)26-37(33)44)30-17-9-11-19-39(30)46(40)43-22-29(27-13-5-3-6-14-27)21-38(45-43)28-15-7-4-8-16-28;1-44(2)34-21-22-40-43(31-18-10-12-20-39(31)47-40)42(34)33-25-32-30-17-9-11-19-37(30)46(38(32)26-35(33)44)41-24-29(27-13-5-3-6-14-27)23-36(45-41)28-15-7-4-8-16-28;1-44(2)36-26-39-35(25-34(36)32-21-22-33-31-18-10-12-20-40(31)47-43(33)42(32)44)30-17-9-11-19-38(30)46(39)41-24-29(27-13-5-3-6-14-27)23-37(45-41)28-15-7-4-8-16-28/h3*3-26H,1-2H3. The van der Waals surface area contributed by atoms with Gasteiger partial charge in [-0.1, -0.05) is 351 Å². The first-order valence-corrected chi connectivity index (χ1v) is 51.1. The minimum absolute atomic E-state index is 0.140. The lowest BCUT2D eigenvalue weighted by molar-refractivity contribution is 0.661. The molecule has 9 aromatic heterocycles. The van der Waals surface area contributed by atoms with Crippen LogP contribution in [0.4, 0.5) is 0 Å². The molecule has 6 nitrogen and oxygen atoms in total. The summed E-state index contributed by atoms with van der Waals surface area (Å²) in [6.07, 6.45) is 0. The third-order valence-corrected chi connectivity index (χ3v) is 34.0. The molecule has 9 heterocycles. The van der Waals surface area contributed by atoms with Crippen LogP contribution in [0, 0.1) is 0 Å². The molecule has 3 aliphatic rings. The number of rotatable bonds is 9. The number of thiophene rings is 3. The van der Waals surface area contributed by atoms with Crippen molar-refractivity contribution in [2.75, 3.05) is 0 Å². The lowest BCUT2D eigenvalue weighted by Gasteiger charge is -2.22. The van der Waals surface area contributed by atoms with Gasteiger partial charge < -0.3 is 0 Å². The molecule has 30 rings (SSSR count). The number of aromatic nitrogens is 6. The monoisotopic (exact) mass is 1850 g/mol. The van der Waals surface area contributed by atoms with E-state index in [-0.39, 0.29) is 16.2 Å². The summed E-state index contributed by atoms with van der Waals surface area (Å²) in [5.41, 5.74) is 36.4. The Bertz CT molecular complexity index is 9710. The first-order valence-electron chi connectivity index (χ1n) is 48.7. The van der Waals surface area contributed by atoms with Crippen molar-refractivity contribution in [2.45, 2.75) is 57.8 Å². The zero-order valence-electron chi connectivity index (χ0n) is 78.5. The third-order valence-electron chi connectivity index (χ3n) is 30.5. The molecular formula is C132H90N6S3. The molecule has 0 aliphatic heterocycles. The van der Waals surface area contributed by atoms with Gasteiger partial charge in [0.05, 0.1) is 50.2 Å². The van der Waals surface area contributed by atoms with E-state index >= 15 is 0 Å². The Morgan fingerprint density at radius 3 is 0.965 bits per heavy atom. The molecule has 0 radical (unpaired) electrons. The molecule has 9 heteroatoms. The Kier molecular flexibility index (Phi) is 18.6. The number of nitrogens with zero attached hydrogens (tertiary/aromatic N) is 6. The highest BCUT2D eigenvalue weighted by atomic mass is 32.1. The first-order chi connectivity index (χ1) is 69.2. The second kappa shape index (κ2) is 31.8. The van der Waals surface area contributed by atoms with E-state index in [1.807, 2.05) is 34.0 Å². The smallest absolute Gasteiger partial charge is 0.138 e. The molecular weight excluding hydrogens is 1770 g/mol. The van der Waals surface area contributed by atoms with E-state index in [2.05, 4.69) is 492 Å². The third kappa shape index (κ3) is 12.9. The number of pyridine rings is 3. The fraction of sp³-hybridized carbons (Fsp3) is 0.0682. The van der Waals surface area contributed by atoms with Crippen molar-refractivity contribution in [3.63, 3.8) is 0 Å². The van der Waals surface area contributed by atoms with E-state index in [4.69, 9.17) is 15.0 Å². The molecule has 0 atom stereocenters. The molecule has 0 bridgehead atoms. The van der Waals surface area contributed by atoms with Gasteiger partial charge >= 0.3 is 0 Å². The number of benzene rings is 18. The molecule has 141 heavy (non-hydrogen) atoms. The predicted octanol–water partition coefficient (Wildman–Crippen LogP) is 36.6. The summed E-state index contributed by atoms with van der Waals surface area (Å²) in [5.74, 6) is 2.78. The summed E-state index contributed by atoms with van der Waals surface area (Å²) in [4.78, 5) is 16.1. The molecule has 0 fully saturated rings. The summed E-state index contributed by atoms with van der Waals surface area (Å²) in [6.45, 7) is 14.4. The van der Waals surface area contributed by atoms with Crippen LogP contribution >= 0.6 is 34.0 Å². The van der Waals surface area contributed by atoms with Gasteiger partial charge in [0.15, 0.2) is 0 Å². The highest BCUT2D eigenvalue weighted by Gasteiger charge is 2.42. The van der Waals surface area contributed by atoms with Gasteiger partial charge in [0, 0.05) is 126 Å². The Morgan fingerprint density at radius 2 is 0.518 bits per heavy atom. The number of para-hydroxylation sites is 3. The quantitative estimate of drug-likeness (QED) is 0.145. The van der Waals surface area contributed by atoms with Crippen molar-refractivity contribution < 1.29 is 0 Å². The zero-order valence-corrected chi connectivity index (χ0v) is 80.9. The summed E-state index contributed by atoms with van der Waals surface area (Å²) >= 11 is 5.73. The summed E-state index contributed by atoms with van der Waals surface area (Å²) in [7, 11) is 0. The Morgan fingerprint density at radius 1 is 0.191 bits per heavy atom. The van der Waals surface area contributed by atoms with E-state index in [1.54, 1.807) is 0 Å². The van der Waals surface area contributed by atoms with Gasteiger partial charge in [-0.05, 0) is 228 Å². The molecule has 3 aliphatic carbocycles. The second-order valence-corrected chi connectivity index (χ2v) is 42.8. The van der Waals surface area contributed by atoms with Crippen LogP contribution in [0.3, 0.4) is 0 Å². The maximum atomic E-state index is 5.37. The molecule has 0 saturated carbocycles. The van der Waals surface area contributed by atoms with Gasteiger partial charge in [-0.3, -0.25) is 13.7 Å². The topological polar surface area (TPSA) is 53.5 Å². The van der Waals surface area contributed by atoms with E-state index in [1.165, 1.54) is 209 Å². The van der Waals surface area contributed by atoms with Crippen LogP contribution in [0.15, 0.2) is 437 Å². The van der Waals surface area contributed by atoms with Crippen LogP contribution in [0.1, 0.15) is 74.9 Å². The van der Waals surface area contributed by atoms with Crippen LogP contribution < -0.4 is 0 Å². The van der Waals surface area contributed by atoms with Crippen molar-refractivity contribution in [2.24, 2.45) is 0 Å². The SMILES string of the molecule is CC1(C)c2cc3c(cc2-c2c1ccc1sc4ccccc4c21)c1ccccc1n3-c1cc(-c2ccccc2)cc(-c2ccccc2)n1.CC1(C)c2cc3c(cc2-c2ccc4c(sc5ccccc54)c21)c1ccccc1n3-c1cc(-c2ccccc2)cc(-c2ccccc2)n1.CC1(C)c2cc3sc4ccccc4c3cc2-c2cc3c4ccccc4n(-c4cc(-c5ccccc5)cc(-c5ccccc5)n4)c3cc21.